The normalized spacial score (nSPS) is 10.3. The summed E-state index contributed by atoms with van der Waals surface area (Å²) >= 11 is 11.8. The van der Waals surface area contributed by atoms with Gasteiger partial charge in [-0.1, -0.05) is 35.3 Å². The highest BCUT2D eigenvalue weighted by molar-refractivity contribution is 6.42. The van der Waals surface area contributed by atoms with E-state index in [4.69, 9.17) is 23.2 Å². The molecule has 0 atom stereocenters. The van der Waals surface area contributed by atoms with E-state index < -0.39 is 0 Å². The zero-order chi connectivity index (χ0) is 16.7. The fourth-order valence-corrected chi connectivity index (χ4v) is 2.32. The Morgan fingerprint density at radius 3 is 2.43 bits per heavy atom. The molecule has 0 aromatic heterocycles. The van der Waals surface area contributed by atoms with Crippen LogP contribution >= 0.6 is 23.2 Å². The Bertz CT molecular complexity index is 660. The van der Waals surface area contributed by atoms with E-state index in [1.54, 1.807) is 24.3 Å². The Kier molecular flexibility index (Phi) is 6.56. The van der Waals surface area contributed by atoms with Crippen LogP contribution in [0.2, 0.25) is 10.0 Å². The Morgan fingerprint density at radius 2 is 1.74 bits per heavy atom. The standard InChI is InChI=1S/C17H18Cl2N2O2/c18-15-7-4-13(11-16(15)19)20-9-10-21-17(23)8-3-12-1-5-14(22)6-2-12/h1-2,4-7,11,20,22H,3,8-10H2,(H,21,23). The summed E-state index contributed by atoms with van der Waals surface area (Å²) in [4.78, 5) is 11.8. The lowest BCUT2D eigenvalue weighted by atomic mass is 10.1. The number of anilines is 1. The van der Waals surface area contributed by atoms with Crippen molar-refractivity contribution in [3.8, 4) is 5.75 Å². The molecule has 122 valence electrons. The number of hydrogen-bond acceptors (Lipinski definition) is 3. The van der Waals surface area contributed by atoms with Crippen LogP contribution in [0, 0.1) is 0 Å². The Morgan fingerprint density at radius 1 is 1.00 bits per heavy atom. The van der Waals surface area contributed by atoms with Crippen molar-refractivity contribution in [2.45, 2.75) is 12.8 Å². The molecule has 0 radical (unpaired) electrons. The molecule has 0 saturated heterocycles. The number of carbonyl (C=O) groups is 1. The van der Waals surface area contributed by atoms with Crippen molar-refractivity contribution in [1.82, 2.24) is 5.32 Å². The number of nitrogens with one attached hydrogen (secondary N) is 2. The van der Waals surface area contributed by atoms with E-state index in [0.717, 1.165) is 11.3 Å². The number of phenolic OH excluding ortho intramolecular Hbond substituents is 1. The smallest absolute Gasteiger partial charge is 0.220 e. The first-order valence-electron chi connectivity index (χ1n) is 7.28. The molecule has 3 N–H and O–H groups in total. The monoisotopic (exact) mass is 352 g/mol. The topological polar surface area (TPSA) is 61.4 Å². The zero-order valence-electron chi connectivity index (χ0n) is 12.5. The predicted octanol–water partition coefficient (Wildman–Crippen LogP) is 3.86. The van der Waals surface area contributed by atoms with Crippen LogP contribution in [0.5, 0.6) is 5.75 Å². The minimum Gasteiger partial charge on any atom is -0.508 e. The van der Waals surface area contributed by atoms with E-state index in [0.29, 0.717) is 36.0 Å². The maximum atomic E-state index is 11.8. The molecule has 6 heteroatoms. The molecule has 0 aliphatic rings. The van der Waals surface area contributed by atoms with Crippen molar-refractivity contribution in [3.05, 3.63) is 58.1 Å². The fourth-order valence-electron chi connectivity index (χ4n) is 2.02. The first-order chi connectivity index (χ1) is 11.0. The van der Waals surface area contributed by atoms with Crippen molar-refractivity contribution in [2.24, 2.45) is 0 Å². The number of rotatable bonds is 7. The SMILES string of the molecule is O=C(CCc1ccc(O)cc1)NCCNc1ccc(Cl)c(Cl)c1. The number of aromatic hydroxyl groups is 1. The maximum absolute atomic E-state index is 11.8. The maximum Gasteiger partial charge on any atom is 0.220 e. The number of benzene rings is 2. The van der Waals surface area contributed by atoms with Gasteiger partial charge in [0.25, 0.3) is 0 Å². The molecule has 0 spiro atoms. The molecule has 0 aliphatic carbocycles. The fraction of sp³-hybridized carbons (Fsp3) is 0.235. The molecule has 0 aliphatic heterocycles. The quantitative estimate of drug-likeness (QED) is 0.663. The minimum atomic E-state index is -0.00554. The van der Waals surface area contributed by atoms with Gasteiger partial charge in [-0.3, -0.25) is 4.79 Å². The number of hydrogen-bond donors (Lipinski definition) is 3. The molecule has 0 saturated carbocycles. The Labute approximate surface area is 145 Å². The van der Waals surface area contributed by atoms with E-state index in [1.165, 1.54) is 0 Å². The lowest BCUT2D eigenvalue weighted by Gasteiger charge is -2.09. The molecule has 23 heavy (non-hydrogen) atoms. The van der Waals surface area contributed by atoms with Crippen LogP contribution < -0.4 is 10.6 Å². The second-order valence-corrected chi connectivity index (χ2v) is 5.89. The van der Waals surface area contributed by atoms with Crippen LogP contribution in [-0.4, -0.2) is 24.1 Å². The molecule has 2 aromatic carbocycles. The molecular weight excluding hydrogens is 335 g/mol. The van der Waals surface area contributed by atoms with Crippen LogP contribution in [0.4, 0.5) is 5.69 Å². The van der Waals surface area contributed by atoms with E-state index >= 15 is 0 Å². The summed E-state index contributed by atoms with van der Waals surface area (Å²) in [7, 11) is 0. The minimum absolute atomic E-state index is 0.00554. The lowest BCUT2D eigenvalue weighted by Crippen LogP contribution is -2.28. The molecular formula is C17H18Cl2N2O2. The molecule has 1 amide bonds. The molecule has 0 bridgehead atoms. The summed E-state index contributed by atoms with van der Waals surface area (Å²) in [5.74, 6) is 0.223. The average molecular weight is 353 g/mol. The number of phenols is 1. The van der Waals surface area contributed by atoms with Gasteiger partial charge in [-0.15, -0.1) is 0 Å². The van der Waals surface area contributed by atoms with Crippen LogP contribution in [0.25, 0.3) is 0 Å². The average Bonchev–Trinajstić information content (AvgIpc) is 2.54. The van der Waals surface area contributed by atoms with E-state index in [2.05, 4.69) is 10.6 Å². The first kappa shape index (κ1) is 17.4. The van der Waals surface area contributed by atoms with Crippen molar-refractivity contribution >= 4 is 34.8 Å². The van der Waals surface area contributed by atoms with Gasteiger partial charge in [-0.05, 0) is 42.3 Å². The summed E-state index contributed by atoms with van der Waals surface area (Å²) in [5, 5.41) is 16.2. The van der Waals surface area contributed by atoms with Gasteiger partial charge in [-0.25, -0.2) is 0 Å². The second-order valence-electron chi connectivity index (χ2n) is 5.07. The van der Waals surface area contributed by atoms with Gasteiger partial charge in [0, 0.05) is 25.2 Å². The van der Waals surface area contributed by atoms with Crippen molar-refractivity contribution in [1.29, 1.82) is 0 Å². The lowest BCUT2D eigenvalue weighted by molar-refractivity contribution is -0.120. The van der Waals surface area contributed by atoms with Gasteiger partial charge >= 0.3 is 0 Å². The molecule has 2 aromatic rings. The first-order valence-corrected chi connectivity index (χ1v) is 8.04. The summed E-state index contributed by atoms with van der Waals surface area (Å²) in [6.07, 6.45) is 1.06. The molecule has 0 unspecified atom stereocenters. The van der Waals surface area contributed by atoms with Gasteiger partial charge in [0.1, 0.15) is 5.75 Å². The number of aryl methyl sites for hydroxylation is 1. The molecule has 0 fully saturated rings. The summed E-state index contributed by atoms with van der Waals surface area (Å²) in [5.41, 5.74) is 1.88. The van der Waals surface area contributed by atoms with Gasteiger partial charge in [0.2, 0.25) is 5.91 Å². The Hall–Kier alpha value is -1.91. The van der Waals surface area contributed by atoms with E-state index in [9.17, 15) is 9.90 Å². The number of carbonyl (C=O) groups excluding carboxylic acids is 1. The Balaban J connectivity index is 1.64. The van der Waals surface area contributed by atoms with Crippen LogP contribution in [-0.2, 0) is 11.2 Å². The summed E-state index contributed by atoms with van der Waals surface area (Å²) < 4.78 is 0. The highest BCUT2D eigenvalue weighted by Gasteiger charge is 2.03. The third kappa shape index (κ3) is 6.00. The van der Waals surface area contributed by atoms with Crippen molar-refractivity contribution in [3.63, 3.8) is 0 Å². The van der Waals surface area contributed by atoms with Gasteiger partial charge in [0.15, 0.2) is 0 Å². The highest BCUT2D eigenvalue weighted by Crippen LogP contribution is 2.24. The van der Waals surface area contributed by atoms with Gasteiger partial charge < -0.3 is 15.7 Å². The zero-order valence-corrected chi connectivity index (χ0v) is 14.0. The highest BCUT2D eigenvalue weighted by atomic mass is 35.5. The van der Waals surface area contributed by atoms with Gasteiger partial charge in [-0.2, -0.15) is 0 Å². The van der Waals surface area contributed by atoms with E-state index in [-0.39, 0.29) is 11.7 Å². The third-order valence-corrected chi connectivity index (χ3v) is 4.01. The summed E-state index contributed by atoms with van der Waals surface area (Å²) in [6.45, 7) is 1.12. The van der Waals surface area contributed by atoms with Gasteiger partial charge in [0.05, 0.1) is 10.0 Å². The largest absolute Gasteiger partial charge is 0.508 e. The molecule has 4 nitrogen and oxygen atoms in total. The van der Waals surface area contributed by atoms with Crippen LogP contribution in [0.3, 0.4) is 0 Å². The second kappa shape index (κ2) is 8.65. The number of amides is 1. The van der Waals surface area contributed by atoms with Crippen LogP contribution in [0.15, 0.2) is 42.5 Å². The van der Waals surface area contributed by atoms with Crippen molar-refractivity contribution < 1.29 is 9.90 Å². The van der Waals surface area contributed by atoms with E-state index in [1.807, 2.05) is 18.2 Å². The van der Waals surface area contributed by atoms with Crippen LogP contribution in [0.1, 0.15) is 12.0 Å². The predicted molar refractivity (Wildman–Crippen MR) is 94.4 cm³/mol. The summed E-state index contributed by atoms with van der Waals surface area (Å²) in [6, 6.07) is 12.2. The number of halogens is 2. The van der Waals surface area contributed by atoms with Crippen molar-refractivity contribution in [2.75, 3.05) is 18.4 Å². The third-order valence-electron chi connectivity index (χ3n) is 3.27. The molecule has 2 rings (SSSR count). The molecule has 0 heterocycles.